The Kier molecular flexibility index (Phi) is 4.83. The van der Waals surface area contributed by atoms with E-state index in [4.69, 9.17) is 0 Å². The second-order valence-corrected chi connectivity index (χ2v) is 8.16. The molecule has 0 bridgehead atoms. The molecule has 1 aromatic rings. The molecule has 1 saturated heterocycles. The summed E-state index contributed by atoms with van der Waals surface area (Å²) in [4.78, 5) is 13.5. The van der Waals surface area contributed by atoms with Gasteiger partial charge < -0.3 is 4.90 Å². The van der Waals surface area contributed by atoms with Crippen molar-refractivity contribution in [3.8, 4) is 0 Å². The molecule has 1 fully saturated rings. The van der Waals surface area contributed by atoms with Gasteiger partial charge in [-0.2, -0.15) is 0 Å². The van der Waals surface area contributed by atoms with Crippen molar-refractivity contribution in [1.82, 2.24) is 4.90 Å². The highest BCUT2D eigenvalue weighted by molar-refractivity contribution is 7.92. The molecular formula is C16H21NO3S. The molecule has 0 radical (unpaired) electrons. The second kappa shape index (κ2) is 6.43. The van der Waals surface area contributed by atoms with Gasteiger partial charge in [0.05, 0.1) is 11.0 Å². The number of sulfone groups is 1. The van der Waals surface area contributed by atoms with E-state index in [0.29, 0.717) is 13.1 Å². The van der Waals surface area contributed by atoms with E-state index in [9.17, 15) is 13.2 Å². The zero-order valence-corrected chi connectivity index (χ0v) is 13.2. The van der Waals surface area contributed by atoms with E-state index in [1.807, 2.05) is 44.2 Å². The summed E-state index contributed by atoms with van der Waals surface area (Å²) in [5, 5.41) is -0.394. The second-order valence-electron chi connectivity index (χ2n) is 5.83. The van der Waals surface area contributed by atoms with Crippen molar-refractivity contribution in [2.45, 2.75) is 19.1 Å². The van der Waals surface area contributed by atoms with Crippen LogP contribution in [0.2, 0.25) is 0 Å². The van der Waals surface area contributed by atoms with Gasteiger partial charge in [-0.05, 0) is 17.6 Å². The average molecular weight is 307 g/mol. The molecule has 1 aliphatic heterocycles. The zero-order valence-electron chi connectivity index (χ0n) is 12.4. The first-order chi connectivity index (χ1) is 9.88. The van der Waals surface area contributed by atoms with Gasteiger partial charge in [-0.1, -0.05) is 44.2 Å². The Morgan fingerprint density at radius 1 is 1.29 bits per heavy atom. The smallest absolute Gasteiger partial charge is 0.246 e. The summed E-state index contributed by atoms with van der Waals surface area (Å²) in [5.41, 5.74) is 0.954. The van der Waals surface area contributed by atoms with E-state index >= 15 is 0 Å². The predicted molar refractivity (Wildman–Crippen MR) is 84.5 cm³/mol. The third-order valence-corrected chi connectivity index (χ3v) is 5.90. The molecule has 114 valence electrons. The Bertz CT molecular complexity index is 614. The van der Waals surface area contributed by atoms with Gasteiger partial charge in [-0.3, -0.25) is 4.79 Å². The average Bonchev–Trinajstić information content (AvgIpc) is 2.33. The number of hydrogen-bond donors (Lipinski definition) is 0. The third kappa shape index (κ3) is 4.17. The first kappa shape index (κ1) is 15.8. The van der Waals surface area contributed by atoms with Crippen molar-refractivity contribution in [3.63, 3.8) is 0 Å². The van der Waals surface area contributed by atoms with Crippen LogP contribution in [0.4, 0.5) is 0 Å². The van der Waals surface area contributed by atoms with E-state index in [2.05, 4.69) is 0 Å². The van der Waals surface area contributed by atoms with Gasteiger partial charge in [0.2, 0.25) is 5.91 Å². The number of rotatable bonds is 5. The number of benzene rings is 1. The zero-order chi connectivity index (χ0) is 15.5. The van der Waals surface area contributed by atoms with Gasteiger partial charge in [0.1, 0.15) is 0 Å². The largest absolute Gasteiger partial charge is 0.336 e. The SMILES string of the molecule is CC(C)CS(=O)(=O)C1CN(C(=O)C=Cc2ccccc2)C1. The fourth-order valence-corrected chi connectivity index (χ4v) is 4.30. The van der Waals surface area contributed by atoms with Crippen molar-refractivity contribution in [1.29, 1.82) is 0 Å². The maximum absolute atomic E-state index is 12.0. The van der Waals surface area contributed by atoms with Crippen LogP contribution in [0.1, 0.15) is 19.4 Å². The van der Waals surface area contributed by atoms with E-state index < -0.39 is 15.1 Å². The molecular weight excluding hydrogens is 286 g/mol. The lowest BCUT2D eigenvalue weighted by molar-refractivity contribution is -0.128. The van der Waals surface area contributed by atoms with Crippen molar-refractivity contribution in [3.05, 3.63) is 42.0 Å². The number of likely N-dealkylation sites (tertiary alicyclic amines) is 1. The maximum atomic E-state index is 12.0. The Morgan fingerprint density at radius 2 is 1.90 bits per heavy atom. The van der Waals surface area contributed by atoms with Gasteiger partial charge >= 0.3 is 0 Å². The van der Waals surface area contributed by atoms with E-state index in [-0.39, 0.29) is 17.6 Å². The Labute approximate surface area is 126 Å². The van der Waals surface area contributed by atoms with Crippen molar-refractivity contribution in [2.75, 3.05) is 18.8 Å². The summed E-state index contributed by atoms with van der Waals surface area (Å²) >= 11 is 0. The summed E-state index contributed by atoms with van der Waals surface area (Å²) in [7, 11) is -3.07. The summed E-state index contributed by atoms with van der Waals surface area (Å²) in [6.45, 7) is 4.41. The van der Waals surface area contributed by atoms with Crippen LogP contribution in [0.5, 0.6) is 0 Å². The molecule has 1 aromatic carbocycles. The van der Waals surface area contributed by atoms with Crippen molar-refractivity contribution in [2.24, 2.45) is 5.92 Å². The molecule has 0 unspecified atom stereocenters. The first-order valence-electron chi connectivity index (χ1n) is 7.12. The molecule has 1 aliphatic rings. The summed E-state index contributed by atoms with van der Waals surface area (Å²) in [6, 6.07) is 9.55. The van der Waals surface area contributed by atoms with Crippen LogP contribution in [0.15, 0.2) is 36.4 Å². The highest BCUT2D eigenvalue weighted by Gasteiger charge is 2.38. The van der Waals surface area contributed by atoms with Crippen molar-refractivity contribution < 1.29 is 13.2 Å². The number of carbonyl (C=O) groups is 1. The van der Waals surface area contributed by atoms with Crippen molar-refractivity contribution >= 4 is 21.8 Å². The molecule has 2 rings (SSSR count). The number of amides is 1. The van der Waals surface area contributed by atoms with Crippen LogP contribution in [-0.2, 0) is 14.6 Å². The highest BCUT2D eigenvalue weighted by Crippen LogP contribution is 2.19. The maximum Gasteiger partial charge on any atom is 0.246 e. The summed E-state index contributed by atoms with van der Waals surface area (Å²) < 4.78 is 24.0. The van der Waals surface area contributed by atoms with Crippen LogP contribution < -0.4 is 0 Å². The number of carbonyl (C=O) groups excluding carboxylic acids is 1. The van der Waals surface area contributed by atoms with E-state index in [1.54, 1.807) is 11.0 Å². The lowest BCUT2D eigenvalue weighted by atomic mass is 10.2. The molecule has 0 aromatic heterocycles. The summed E-state index contributed by atoms with van der Waals surface area (Å²) in [5.74, 6) is 0.187. The first-order valence-corrected chi connectivity index (χ1v) is 8.83. The normalized spacial score (nSPS) is 16.4. The minimum Gasteiger partial charge on any atom is -0.336 e. The standard InChI is InChI=1S/C16H21NO3S/c1-13(2)12-21(19,20)15-10-17(11-15)16(18)9-8-14-6-4-3-5-7-14/h3-9,13,15H,10-12H2,1-2H3. The Hall–Kier alpha value is -1.62. The molecule has 0 saturated carbocycles. The molecule has 5 heteroatoms. The third-order valence-electron chi connectivity index (χ3n) is 3.45. The van der Waals surface area contributed by atoms with Gasteiger partial charge in [0, 0.05) is 19.2 Å². The number of hydrogen-bond acceptors (Lipinski definition) is 3. The van der Waals surface area contributed by atoms with E-state index in [0.717, 1.165) is 5.56 Å². The van der Waals surface area contributed by atoms with Gasteiger partial charge in [-0.25, -0.2) is 8.42 Å². The molecule has 0 aliphatic carbocycles. The quantitative estimate of drug-likeness (QED) is 0.782. The van der Waals surface area contributed by atoms with Gasteiger partial charge in [0.25, 0.3) is 0 Å². The van der Waals surface area contributed by atoms with Crippen LogP contribution in [0.25, 0.3) is 6.08 Å². The fourth-order valence-electron chi connectivity index (χ4n) is 2.28. The topological polar surface area (TPSA) is 54.5 Å². The molecule has 21 heavy (non-hydrogen) atoms. The number of nitrogens with zero attached hydrogens (tertiary/aromatic N) is 1. The van der Waals surface area contributed by atoms with Gasteiger partial charge in [0.15, 0.2) is 9.84 Å². The van der Waals surface area contributed by atoms with E-state index in [1.165, 1.54) is 6.08 Å². The molecule has 4 nitrogen and oxygen atoms in total. The van der Waals surface area contributed by atoms with Crippen LogP contribution >= 0.6 is 0 Å². The molecule has 0 spiro atoms. The van der Waals surface area contributed by atoms with Crippen LogP contribution in [-0.4, -0.2) is 43.3 Å². The van der Waals surface area contributed by atoms with Crippen LogP contribution in [0, 0.1) is 5.92 Å². The Morgan fingerprint density at radius 3 is 2.48 bits per heavy atom. The van der Waals surface area contributed by atoms with Crippen LogP contribution in [0.3, 0.4) is 0 Å². The predicted octanol–water partition coefficient (Wildman–Crippen LogP) is 1.98. The molecule has 1 amide bonds. The lowest BCUT2D eigenvalue weighted by Gasteiger charge is -2.38. The lowest BCUT2D eigenvalue weighted by Crippen LogP contribution is -2.57. The highest BCUT2D eigenvalue weighted by atomic mass is 32.2. The minimum absolute atomic E-state index is 0.123. The van der Waals surface area contributed by atoms with Gasteiger partial charge in [-0.15, -0.1) is 0 Å². The summed E-state index contributed by atoms with van der Waals surface area (Å²) in [6.07, 6.45) is 3.25. The monoisotopic (exact) mass is 307 g/mol. The fraction of sp³-hybridized carbons (Fsp3) is 0.438. The minimum atomic E-state index is -3.07. The molecule has 1 heterocycles. The Balaban J connectivity index is 1.87. The molecule has 0 atom stereocenters. The molecule has 0 N–H and O–H groups in total.